The van der Waals surface area contributed by atoms with Crippen molar-refractivity contribution in [3.63, 3.8) is 0 Å². The third-order valence-electron chi connectivity index (χ3n) is 27.3. The molecular formula is C93H99B6Fe3N21O18. The summed E-state index contributed by atoms with van der Waals surface area (Å²) in [5.41, 5.74) is 15.5. The monoisotopic (exact) mass is 2030 g/mol. The molecule has 9 aliphatic carbocycles. The first-order chi connectivity index (χ1) is 68.1. The third kappa shape index (κ3) is 20.8. The van der Waals surface area contributed by atoms with Crippen molar-refractivity contribution in [1.29, 1.82) is 0 Å². The van der Waals surface area contributed by atoms with E-state index in [1.165, 1.54) is 0 Å². The largest absolute Gasteiger partial charge is 2.00 e. The van der Waals surface area contributed by atoms with Gasteiger partial charge in [-0.15, -0.1) is 92.8 Å². The van der Waals surface area contributed by atoms with E-state index in [4.69, 9.17) is 178 Å². The Labute approximate surface area is 844 Å². The molecule has 9 aliphatic heterocycles. The zero-order chi connectivity index (χ0) is 92.4. The van der Waals surface area contributed by atoms with Gasteiger partial charge in [-0.05, 0) is 301 Å². The second kappa shape index (κ2) is 43.5. The van der Waals surface area contributed by atoms with Crippen LogP contribution >= 0.6 is 0 Å². The van der Waals surface area contributed by atoms with E-state index in [1.54, 1.807) is 73.6 Å². The molecule has 4 aromatic carbocycles. The first kappa shape index (κ1) is 96.6. The van der Waals surface area contributed by atoms with E-state index in [-0.39, 0.29) is 51.2 Å². The second-order valence-electron chi connectivity index (χ2n) is 36.8. The van der Waals surface area contributed by atoms with E-state index < -0.39 is 40.5 Å². The van der Waals surface area contributed by atoms with Crippen molar-refractivity contribution in [3.05, 3.63) is 165 Å². The zero-order valence-electron chi connectivity index (χ0n) is 77.3. The van der Waals surface area contributed by atoms with E-state index in [0.717, 1.165) is 149 Å². The molecule has 6 bridgehead atoms. The van der Waals surface area contributed by atoms with Gasteiger partial charge < -0.3 is 85.6 Å². The molecule has 0 saturated heterocycles. The minimum Gasteiger partial charge on any atom is -0.536 e. The Morgan fingerprint density at radius 2 is 0.277 bits per heavy atom. The molecule has 726 valence electrons. The van der Waals surface area contributed by atoms with Crippen LogP contribution < -0.4 is 32.8 Å². The van der Waals surface area contributed by atoms with E-state index in [0.29, 0.717) is 251 Å². The van der Waals surface area contributed by atoms with Gasteiger partial charge in [0, 0.05) is 37.2 Å². The first-order valence-electron chi connectivity index (χ1n) is 48.6. The van der Waals surface area contributed by atoms with Crippen LogP contribution in [-0.2, 0) is 137 Å². The van der Waals surface area contributed by atoms with Crippen LogP contribution in [0.3, 0.4) is 0 Å². The van der Waals surface area contributed by atoms with Gasteiger partial charge in [-0.2, -0.15) is 0 Å². The Bertz CT molecular complexity index is 5430. The van der Waals surface area contributed by atoms with E-state index >= 15 is 0 Å². The molecule has 7 aromatic rings. The number of benzene rings is 4. The van der Waals surface area contributed by atoms with Gasteiger partial charge in [-0.1, -0.05) is 124 Å². The fraction of sp³-hybridized carbons (Fsp3) is 0.387. The Balaban J connectivity index is 0.00000421. The van der Waals surface area contributed by atoms with Crippen LogP contribution in [0.2, 0.25) is 0 Å². The summed E-state index contributed by atoms with van der Waals surface area (Å²) in [6.07, 6.45) is 31.8. The minimum atomic E-state index is -3.33. The van der Waals surface area contributed by atoms with Crippen LogP contribution in [0.15, 0.2) is 257 Å². The minimum absolute atomic E-state index is 0. The number of fused-ring (bicyclic) bond motifs is 18. The fourth-order valence-electron chi connectivity index (χ4n) is 19.1. The second-order valence-corrected chi connectivity index (χ2v) is 36.8. The predicted octanol–water partition coefficient (Wildman–Crippen LogP) is 13.8. The van der Waals surface area contributed by atoms with Crippen LogP contribution in [0.5, 0.6) is 0 Å². The molecule has 9 saturated carbocycles. The van der Waals surface area contributed by atoms with Gasteiger partial charge in [0.2, 0.25) is 0 Å². The maximum absolute atomic E-state index is 6.90. The summed E-state index contributed by atoms with van der Waals surface area (Å²) >= 11 is 0. The van der Waals surface area contributed by atoms with Crippen molar-refractivity contribution in [2.75, 3.05) is 0 Å². The summed E-state index contributed by atoms with van der Waals surface area (Å²) in [5.74, 6) is 0. The third-order valence-corrected chi connectivity index (χ3v) is 27.3. The molecule has 0 N–H and O–H groups in total. The number of oxime groups is 18. The van der Waals surface area contributed by atoms with Crippen molar-refractivity contribution in [2.45, 2.75) is 231 Å². The molecule has 9 fully saturated rings. The maximum Gasteiger partial charge on any atom is 2.00 e. The fourth-order valence-corrected chi connectivity index (χ4v) is 19.1. The quantitative estimate of drug-likeness (QED) is 0.121. The van der Waals surface area contributed by atoms with Gasteiger partial charge in [0.05, 0.1) is 103 Å². The molecule has 0 atom stereocenters. The van der Waals surface area contributed by atoms with Crippen LogP contribution in [0.25, 0.3) is 33.4 Å². The molecule has 0 unspecified atom stereocenters. The van der Waals surface area contributed by atoms with Crippen molar-refractivity contribution in [1.82, 2.24) is 15.0 Å². The topological polar surface area (TPSA) is 427 Å². The molecular weight excluding hydrogens is 1930 g/mol. The van der Waals surface area contributed by atoms with Gasteiger partial charge in [0.25, 0.3) is 0 Å². The summed E-state index contributed by atoms with van der Waals surface area (Å²) < 4.78 is 121. The zero-order valence-corrected chi connectivity index (χ0v) is 80.6. The number of nitrogens with zero attached hydrogens (tertiary/aromatic N) is 21. The number of pyridine rings is 3. The smallest absolute Gasteiger partial charge is 0.536 e. The molecule has 0 spiro atoms. The van der Waals surface area contributed by atoms with Crippen molar-refractivity contribution < 1.29 is 137 Å². The van der Waals surface area contributed by atoms with Gasteiger partial charge in [-0.3, -0.25) is 15.0 Å². The molecule has 25 rings (SSSR count). The van der Waals surface area contributed by atoms with Crippen molar-refractivity contribution in [2.24, 2.45) is 92.8 Å². The SMILES string of the molecule is [Fe+2].[Fe+2].[Fe+2].c1cncc([B-]23O/N=C4\CCCC\C4=N/O[B-](c4ccc(-c5cc(-c6ccc([B-]78O/N=C9\CCCC\C9=N/O[B-](c9cccnc9)(O/N=C9\CCCC\C9=N/O7)O/N=C7\CCCC\C7=N/O8)cc6)cc(-c6ccc([B-]78O/N=C9\CCCC\C9=N/O[B-](c9cccnc9)(O/N=C9\CCCC\C9=N/O7)O/N=C7\CCCC\C7=N/O8)cc6)c5)cc4)(O/N=C4\CCCC\C4=N/O2)O/N=C2\CCCC\C2=N/O3)c1. The number of aromatic nitrogens is 3. The standard InChI is InChI=1S/C93H99B6N21O18.3Fe/c1-10-34-85-76(25-1)103-121-94(122-104-77-26-2-11-35-86(77)113-131-97(130-112-85,73-22-19-55-100-61-73)132-114-87-36-12-3-27-78(87)105-123-94)70-49-43-64(44-50-70)67-58-68(65-45-51-71(52-46-65)95-124-106-79-28-4-13-37-88(79)115-133-98(74-23-20-56-101-62-74,134-116-89-38-14-5-29-80(89)107-125-95)135-117-90-39-15-6-30-81(90)108-126-95)60-69(59-67)66-47-53-72(54-48-66)96-127-109-82-31-7-16-40-91(82)118-136-99(75-24-21-57-102-63-75,137-119-92-41-17-8-32-83(92)110-128-96)138-120-93-42-18-9-33-84(93)111-129-96;;;/h19-24,43-63H,1-18,25-42H2;;;/q-6;3*+2/b103-76+,104-77+,105-78+,106-79+,107-80+,108-81+,109-82+,110-83+,111-84+,112-85+,113-86+,114-87+,115-88+,116-89+,117-90+,118-91+,119-92+,120-93+;;;. The number of hydrogen-bond acceptors (Lipinski definition) is 39. The van der Waals surface area contributed by atoms with Crippen LogP contribution in [0.4, 0.5) is 0 Å². The summed E-state index contributed by atoms with van der Waals surface area (Å²) in [6.45, 7) is -19.3. The Hall–Kier alpha value is -13.3. The summed E-state index contributed by atoms with van der Waals surface area (Å²) in [7, 11) is 0. The first-order valence-corrected chi connectivity index (χ1v) is 48.6. The number of rotatable bonds is 9. The Kier molecular flexibility index (Phi) is 29.8. The molecule has 0 radical (unpaired) electrons. The average Bonchev–Trinajstić information content (AvgIpc) is 0.768. The maximum atomic E-state index is 6.90. The summed E-state index contributed by atoms with van der Waals surface area (Å²) in [5, 5.41) is 87.5. The summed E-state index contributed by atoms with van der Waals surface area (Å²) in [6, 6.07) is 40.0. The summed E-state index contributed by atoms with van der Waals surface area (Å²) in [4.78, 5) is 13.3. The molecule has 141 heavy (non-hydrogen) atoms. The van der Waals surface area contributed by atoms with Crippen molar-refractivity contribution >= 4 is 176 Å². The molecule has 0 amide bonds. The molecule has 12 heterocycles. The van der Waals surface area contributed by atoms with Crippen LogP contribution in [0.1, 0.15) is 231 Å². The average molecular weight is 2030 g/mol. The molecule has 3 aromatic heterocycles. The number of hydrogen-bond donors (Lipinski definition) is 0. The normalized spacial score (nSPS) is 32.9. The van der Waals surface area contributed by atoms with E-state index in [1.807, 2.05) is 72.8 Å². The van der Waals surface area contributed by atoms with E-state index in [2.05, 4.69) is 33.2 Å². The van der Waals surface area contributed by atoms with Crippen LogP contribution in [-0.4, -0.2) is 158 Å². The Morgan fingerprint density at radius 1 is 0.149 bits per heavy atom. The van der Waals surface area contributed by atoms with Crippen molar-refractivity contribution in [3.8, 4) is 33.4 Å². The van der Waals surface area contributed by atoms with Gasteiger partial charge in [-0.25, -0.2) is 0 Å². The Morgan fingerprint density at radius 3 is 0.397 bits per heavy atom. The predicted molar refractivity (Wildman–Crippen MR) is 527 cm³/mol. The molecule has 18 aliphatic rings. The van der Waals surface area contributed by atoms with E-state index in [9.17, 15) is 0 Å². The van der Waals surface area contributed by atoms with Gasteiger partial charge in [0.1, 0.15) is 0 Å². The van der Waals surface area contributed by atoms with Gasteiger partial charge >= 0.3 is 91.7 Å². The van der Waals surface area contributed by atoms with Crippen LogP contribution in [0, 0.1) is 0 Å². The molecule has 48 heteroatoms. The molecule has 39 nitrogen and oxygen atoms in total. The van der Waals surface area contributed by atoms with Gasteiger partial charge in [0.15, 0.2) is 0 Å².